The van der Waals surface area contributed by atoms with Crippen LogP contribution in [0.3, 0.4) is 0 Å². The third-order valence-corrected chi connectivity index (χ3v) is 3.84. The van der Waals surface area contributed by atoms with Gasteiger partial charge in [0.05, 0.1) is 0 Å². The molecular formula is C10H16BrN3. The van der Waals surface area contributed by atoms with Crippen molar-refractivity contribution in [1.82, 2.24) is 14.5 Å². The average molecular weight is 258 g/mol. The molecule has 0 unspecified atom stereocenters. The van der Waals surface area contributed by atoms with Gasteiger partial charge in [-0.2, -0.15) is 0 Å². The van der Waals surface area contributed by atoms with Crippen molar-refractivity contribution in [2.75, 3.05) is 20.1 Å². The molecule has 0 radical (unpaired) electrons. The Kier molecular flexibility index (Phi) is 2.93. The Morgan fingerprint density at radius 3 is 2.50 bits per heavy atom. The highest BCUT2D eigenvalue weighted by Gasteiger charge is 2.21. The second kappa shape index (κ2) is 4.03. The average Bonchev–Trinajstić information content (AvgIpc) is 2.50. The molecular weight excluding hydrogens is 242 g/mol. The molecule has 0 amide bonds. The van der Waals surface area contributed by atoms with Crippen molar-refractivity contribution in [2.45, 2.75) is 18.8 Å². The van der Waals surface area contributed by atoms with E-state index in [0.717, 1.165) is 4.73 Å². The Hall–Kier alpha value is -0.350. The Morgan fingerprint density at radius 2 is 2.00 bits per heavy atom. The minimum atomic E-state index is 0.690. The van der Waals surface area contributed by atoms with Crippen molar-refractivity contribution in [2.24, 2.45) is 7.05 Å². The standard InChI is InChI=1S/C10H16BrN3/c1-13-5-3-8(4-6-13)9-7-12-10(11)14(9)2/h7-8H,3-6H2,1-2H3. The van der Waals surface area contributed by atoms with Gasteiger partial charge in [0, 0.05) is 24.9 Å². The maximum Gasteiger partial charge on any atom is 0.177 e. The van der Waals surface area contributed by atoms with Gasteiger partial charge >= 0.3 is 0 Å². The van der Waals surface area contributed by atoms with Crippen LogP contribution in [-0.2, 0) is 7.05 Å². The summed E-state index contributed by atoms with van der Waals surface area (Å²) in [6, 6.07) is 0. The molecule has 0 spiro atoms. The van der Waals surface area contributed by atoms with Crippen molar-refractivity contribution in [3.63, 3.8) is 0 Å². The molecule has 0 bridgehead atoms. The van der Waals surface area contributed by atoms with Crippen LogP contribution in [0.4, 0.5) is 0 Å². The van der Waals surface area contributed by atoms with Crippen LogP contribution in [-0.4, -0.2) is 34.6 Å². The second-order valence-electron chi connectivity index (χ2n) is 4.09. The second-order valence-corrected chi connectivity index (χ2v) is 4.80. The first-order chi connectivity index (χ1) is 6.68. The van der Waals surface area contributed by atoms with Gasteiger partial charge in [-0.25, -0.2) is 4.98 Å². The highest BCUT2D eigenvalue weighted by Crippen LogP contribution is 2.28. The van der Waals surface area contributed by atoms with Crippen LogP contribution in [0.1, 0.15) is 24.5 Å². The SMILES string of the molecule is CN1CCC(c2cnc(Br)n2C)CC1. The lowest BCUT2D eigenvalue weighted by Gasteiger charge is -2.28. The molecule has 1 aliphatic rings. The minimum absolute atomic E-state index is 0.690. The van der Waals surface area contributed by atoms with Gasteiger partial charge in [0.1, 0.15) is 0 Å². The lowest BCUT2D eigenvalue weighted by atomic mass is 9.94. The fraction of sp³-hybridized carbons (Fsp3) is 0.700. The fourth-order valence-electron chi connectivity index (χ4n) is 2.08. The number of aromatic nitrogens is 2. The zero-order chi connectivity index (χ0) is 10.1. The third-order valence-electron chi connectivity index (χ3n) is 3.10. The zero-order valence-corrected chi connectivity index (χ0v) is 10.3. The lowest BCUT2D eigenvalue weighted by molar-refractivity contribution is 0.251. The van der Waals surface area contributed by atoms with Crippen molar-refractivity contribution in [1.29, 1.82) is 0 Å². The van der Waals surface area contributed by atoms with E-state index in [9.17, 15) is 0 Å². The number of imidazole rings is 1. The first kappa shape index (κ1) is 10.2. The summed E-state index contributed by atoms with van der Waals surface area (Å²) in [6.07, 6.45) is 4.50. The van der Waals surface area contributed by atoms with Crippen LogP contribution in [0.2, 0.25) is 0 Å². The van der Waals surface area contributed by atoms with E-state index in [0.29, 0.717) is 5.92 Å². The molecule has 0 aromatic carbocycles. The smallest absolute Gasteiger partial charge is 0.177 e. The summed E-state index contributed by atoms with van der Waals surface area (Å²) in [5.41, 5.74) is 1.37. The van der Waals surface area contributed by atoms with Gasteiger partial charge in [-0.1, -0.05) is 0 Å². The first-order valence-corrected chi connectivity index (χ1v) is 5.83. The maximum atomic E-state index is 4.28. The zero-order valence-electron chi connectivity index (χ0n) is 8.70. The Labute approximate surface area is 93.2 Å². The first-order valence-electron chi connectivity index (χ1n) is 5.04. The number of rotatable bonds is 1. The van der Waals surface area contributed by atoms with Crippen molar-refractivity contribution in [3.05, 3.63) is 16.6 Å². The molecule has 2 rings (SSSR count). The van der Waals surface area contributed by atoms with Crippen LogP contribution in [0.25, 0.3) is 0 Å². The topological polar surface area (TPSA) is 21.1 Å². The quantitative estimate of drug-likeness (QED) is 0.768. The molecule has 4 heteroatoms. The van der Waals surface area contributed by atoms with Crippen molar-refractivity contribution in [3.8, 4) is 0 Å². The number of piperidine rings is 1. The molecule has 1 saturated heterocycles. The minimum Gasteiger partial charge on any atom is -0.326 e. The molecule has 3 nitrogen and oxygen atoms in total. The normalized spacial score (nSPS) is 20.2. The Balaban J connectivity index is 2.12. The summed E-state index contributed by atoms with van der Waals surface area (Å²) < 4.78 is 3.09. The summed E-state index contributed by atoms with van der Waals surface area (Å²) >= 11 is 3.44. The van der Waals surface area contributed by atoms with Gasteiger partial charge in [0.15, 0.2) is 4.73 Å². The number of nitrogens with zero attached hydrogens (tertiary/aromatic N) is 3. The monoisotopic (exact) mass is 257 g/mol. The van der Waals surface area contributed by atoms with Crippen molar-refractivity contribution < 1.29 is 0 Å². The van der Waals surface area contributed by atoms with E-state index in [-0.39, 0.29) is 0 Å². The van der Waals surface area contributed by atoms with Crippen LogP contribution in [0.5, 0.6) is 0 Å². The summed E-state index contributed by atoms with van der Waals surface area (Å²) in [6.45, 7) is 2.40. The molecule has 0 saturated carbocycles. The third kappa shape index (κ3) is 1.86. The summed E-state index contributed by atoms with van der Waals surface area (Å²) in [5.74, 6) is 0.690. The van der Waals surface area contributed by atoms with Gasteiger partial charge in [0.2, 0.25) is 0 Å². The molecule has 0 atom stereocenters. The molecule has 14 heavy (non-hydrogen) atoms. The molecule has 1 aromatic heterocycles. The largest absolute Gasteiger partial charge is 0.326 e. The highest BCUT2D eigenvalue weighted by molar-refractivity contribution is 9.10. The Morgan fingerprint density at radius 1 is 1.36 bits per heavy atom. The fourth-order valence-corrected chi connectivity index (χ4v) is 2.39. The predicted molar refractivity (Wildman–Crippen MR) is 60.4 cm³/mol. The van der Waals surface area contributed by atoms with Crippen molar-refractivity contribution >= 4 is 15.9 Å². The van der Waals surface area contributed by atoms with Crippen LogP contribution in [0.15, 0.2) is 10.9 Å². The molecule has 1 aromatic rings. The van der Waals surface area contributed by atoms with E-state index in [4.69, 9.17) is 0 Å². The van der Waals surface area contributed by atoms with Crippen LogP contribution in [0, 0.1) is 0 Å². The molecule has 78 valence electrons. The molecule has 1 aliphatic heterocycles. The number of hydrogen-bond donors (Lipinski definition) is 0. The molecule has 0 aliphatic carbocycles. The van der Waals surface area contributed by atoms with E-state index in [1.165, 1.54) is 31.6 Å². The van der Waals surface area contributed by atoms with Gasteiger partial charge in [-0.15, -0.1) is 0 Å². The predicted octanol–water partition coefficient (Wildman–Crippen LogP) is 1.99. The van der Waals surface area contributed by atoms with Gasteiger partial charge in [0.25, 0.3) is 0 Å². The Bertz CT molecular complexity index is 313. The lowest BCUT2D eigenvalue weighted by Crippen LogP contribution is -2.29. The van der Waals surface area contributed by atoms with Gasteiger partial charge < -0.3 is 9.47 Å². The molecule has 2 heterocycles. The van der Waals surface area contributed by atoms with Crippen LogP contribution < -0.4 is 0 Å². The van der Waals surface area contributed by atoms with Crippen LogP contribution >= 0.6 is 15.9 Å². The number of hydrogen-bond acceptors (Lipinski definition) is 2. The molecule has 1 fully saturated rings. The highest BCUT2D eigenvalue weighted by atomic mass is 79.9. The van der Waals surface area contributed by atoms with E-state index in [1.807, 2.05) is 6.20 Å². The number of likely N-dealkylation sites (tertiary alicyclic amines) is 1. The van der Waals surface area contributed by atoms with E-state index < -0.39 is 0 Å². The number of halogens is 1. The van der Waals surface area contributed by atoms with E-state index >= 15 is 0 Å². The van der Waals surface area contributed by atoms with Gasteiger partial charge in [-0.3, -0.25) is 0 Å². The van der Waals surface area contributed by atoms with E-state index in [2.05, 4.69) is 44.5 Å². The van der Waals surface area contributed by atoms with E-state index in [1.54, 1.807) is 0 Å². The maximum absolute atomic E-state index is 4.28. The summed E-state index contributed by atoms with van der Waals surface area (Å²) in [7, 11) is 4.26. The summed E-state index contributed by atoms with van der Waals surface area (Å²) in [5, 5.41) is 0. The molecule has 0 N–H and O–H groups in total. The summed E-state index contributed by atoms with van der Waals surface area (Å²) in [4.78, 5) is 6.67. The van der Waals surface area contributed by atoms with Gasteiger partial charge in [-0.05, 0) is 48.9 Å².